The lowest BCUT2D eigenvalue weighted by atomic mass is 10.3. The van der Waals surface area contributed by atoms with Crippen molar-refractivity contribution in [3.63, 3.8) is 0 Å². The minimum Gasteiger partial charge on any atom is -0.396 e. The van der Waals surface area contributed by atoms with Crippen molar-refractivity contribution in [2.45, 2.75) is 12.8 Å². The zero-order chi connectivity index (χ0) is 6.95. The molecule has 0 atom stereocenters. The van der Waals surface area contributed by atoms with Crippen molar-refractivity contribution < 1.29 is 10.2 Å². The van der Waals surface area contributed by atoms with Crippen LogP contribution in [0.4, 0.5) is 0 Å². The smallest absolute Gasteiger partial charge is 0.0555 e. The lowest BCUT2D eigenvalue weighted by Gasteiger charge is -1.99. The molecule has 0 aliphatic carbocycles. The monoisotopic (exact) mass is 133 g/mol. The molecule has 0 amide bonds. The summed E-state index contributed by atoms with van der Waals surface area (Å²) in [7, 11) is 0. The van der Waals surface area contributed by atoms with Gasteiger partial charge in [0.25, 0.3) is 0 Å². The highest BCUT2D eigenvalue weighted by molar-refractivity contribution is 4.45. The molecule has 3 nitrogen and oxygen atoms in total. The first kappa shape index (κ1) is 8.88. The van der Waals surface area contributed by atoms with Crippen LogP contribution in [0.15, 0.2) is 0 Å². The molecule has 0 saturated heterocycles. The third-order valence-electron chi connectivity index (χ3n) is 1.05. The zero-order valence-electron chi connectivity index (χ0n) is 5.64. The molecule has 0 aliphatic heterocycles. The first-order valence-electron chi connectivity index (χ1n) is 3.34. The van der Waals surface area contributed by atoms with Gasteiger partial charge in [-0.15, -0.1) is 0 Å². The van der Waals surface area contributed by atoms with Crippen molar-refractivity contribution in [2.24, 2.45) is 0 Å². The second kappa shape index (κ2) is 7.88. The second-order valence-electron chi connectivity index (χ2n) is 1.90. The Bertz CT molecular complexity index is 44.3. The van der Waals surface area contributed by atoms with E-state index in [2.05, 4.69) is 5.32 Å². The highest BCUT2D eigenvalue weighted by Crippen LogP contribution is 1.82. The quantitative estimate of drug-likeness (QED) is 0.422. The van der Waals surface area contributed by atoms with Crippen LogP contribution in [0.5, 0.6) is 0 Å². The van der Waals surface area contributed by atoms with Crippen molar-refractivity contribution in [3.05, 3.63) is 0 Å². The Hall–Kier alpha value is -0.120. The number of nitrogens with one attached hydrogen (secondary N) is 1. The van der Waals surface area contributed by atoms with Gasteiger partial charge in [-0.3, -0.25) is 0 Å². The SMILES string of the molecule is OCCCCNCCO. The van der Waals surface area contributed by atoms with E-state index in [4.69, 9.17) is 10.2 Å². The molecule has 0 heterocycles. The largest absolute Gasteiger partial charge is 0.396 e. The molecule has 0 fully saturated rings. The van der Waals surface area contributed by atoms with E-state index in [1.807, 2.05) is 0 Å². The minimum absolute atomic E-state index is 0.194. The molecule has 3 N–H and O–H groups in total. The average Bonchev–Trinajstić information content (AvgIpc) is 1.89. The van der Waals surface area contributed by atoms with Gasteiger partial charge < -0.3 is 15.5 Å². The van der Waals surface area contributed by atoms with Crippen molar-refractivity contribution in [3.8, 4) is 0 Å². The molecule has 0 radical (unpaired) electrons. The lowest BCUT2D eigenvalue weighted by molar-refractivity contribution is 0.277. The highest BCUT2D eigenvalue weighted by Gasteiger charge is 1.84. The Morgan fingerprint density at radius 3 is 2.22 bits per heavy atom. The molecule has 56 valence electrons. The average molecular weight is 133 g/mol. The summed E-state index contributed by atoms with van der Waals surface area (Å²) >= 11 is 0. The molecule has 9 heavy (non-hydrogen) atoms. The number of hydrogen-bond donors (Lipinski definition) is 3. The molecular weight excluding hydrogens is 118 g/mol. The van der Waals surface area contributed by atoms with Gasteiger partial charge >= 0.3 is 0 Å². The van der Waals surface area contributed by atoms with E-state index in [0.717, 1.165) is 19.4 Å². The fraction of sp³-hybridized carbons (Fsp3) is 1.00. The van der Waals surface area contributed by atoms with Crippen LogP contribution >= 0.6 is 0 Å². The van der Waals surface area contributed by atoms with Gasteiger partial charge in [0, 0.05) is 13.2 Å². The Balaban J connectivity index is 2.60. The van der Waals surface area contributed by atoms with Gasteiger partial charge in [0.15, 0.2) is 0 Å². The molecule has 3 heteroatoms. The molecule has 0 aromatic carbocycles. The topological polar surface area (TPSA) is 52.5 Å². The zero-order valence-corrected chi connectivity index (χ0v) is 5.64. The summed E-state index contributed by atoms with van der Waals surface area (Å²) in [6, 6.07) is 0. The molecule has 0 unspecified atom stereocenters. The van der Waals surface area contributed by atoms with E-state index < -0.39 is 0 Å². The molecule has 0 spiro atoms. The van der Waals surface area contributed by atoms with Gasteiger partial charge in [-0.25, -0.2) is 0 Å². The Labute approximate surface area is 55.7 Å². The number of aliphatic hydroxyl groups is 2. The van der Waals surface area contributed by atoms with E-state index in [0.29, 0.717) is 6.54 Å². The van der Waals surface area contributed by atoms with E-state index >= 15 is 0 Å². The molecule has 0 saturated carbocycles. The summed E-state index contributed by atoms with van der Waals surface area (Å²) in [6.45, 7) is 2.01. The predicted octanol–water partition coefficient (Wildman–Crippen LogP) is -0.659. The lowest BCUT2D eigenvalue weighted by Crippen LogP contribution is -2.19. The van der Waals surface area contributed by atoms with Crippen LogP contribution in [-0.2, 0) is 0 Å². The number of hydrogen-bond acceptors (Lipinski definition) is 3. The van der Waals surface area contributed by atoms with E-state index in [9.17, 15) is 0 Å². The minimum atomic E-state index is 0.194. The summed E-state index contributed by atoms with van der Waals surface area (Å²) in [5, 5.41) is 19.7. The van der Waals surface area contributed by atoms with Crippen LogP contribution < -0.4 is 5.32 Å². The number of unbranched alkanes of at least 4 members (excludes halogenated alkanes) is 1. The first-order valence-corrected chi connectivity index (χ1v) is 3.34. The third kappa shape index (κ3) is 7.88. The van der Waals surface area contributed by atoms with Gasteiger partial charge in [0.05, 0.1) is 6.61 Å². The fourth-order valence-corrected chi connectivity index (χ4v) is 0.566. The van der Waals surface area contributed by atoms with Gasteiger partial charge in [0.1, 0.15) is 0 Å². The summed E-state index contributed by atoms with van der Waals surface area (Å²) in [4.78, 5) is 0. The van der Waals surface area contributed by atoms with Crippen LogP contribution in [0.25, 0.3) is 0 Å². The Morgan fingerprint density at radius 1 is 0.889 bits per heavy atom. The molecule has 0 bridgehead atoms. The Morgan fingerprint density at radius 2 is 1.67 bits per heavy atom. The van der Waals surface area contributed by atoms with Crippen LogP contribution in [0.2, 0.25) is 0 Å². The van der Waals surface area contributed by atoms with Crippen molar-refractivity contribution in [2.75, 3.05) is 26.3 Å². The summed E-state index contributed by atoms with van der Waals surface area (Å²) in [5.41, 5.74) is 0. The fourth-order valence-electron chi connectivity index (χ4n) is 0.566. The van der Waals surface area contributed by atoms with Gasteiger partial charge in [-0.1, -0.05) is 0 Å². The van der Waals surface area contributed by atoms with Crippen molar-refractivity contribution in [1.29, 1.82) is 0 Å². The number of aliphatic hydroxyl groups excluding tert-OH is 2. The van der Waals surface area contributed by atoms with Crippen LogP contribution in [-0.4, -0.2) is 36.5 Å². The summed E-state index contributed by atoms with van der Waals surface area (Å²) in [6.07, 6.45) is 1.83. The second-order valence-corrected chi connectivity index (χ2v) is 1.90. The normalized spacial score (nSPS) is 10.0. The van der Waals surface area contributed by atoms with E-state index in [1.54, 1.807) is 0 Å². The molecule has 0 rings (SSSR count). The molecule has 0 aromatic rings. The summed E-state index contributed by atoms with van der Waals surface area (Å²) < 4.78 is 0. The van der Waals surface area contributed by atoms with E-state index in [1.165, 1.54) is 0 Å². The van der Waals surface area contributed by atoms with Crippen molar-refractivity contribution >= 4 is 0 Å². The van der Waals surface area contributed by atoms with Crippen LogP contribution in [0.3, 0.4) is 0 Å². The first-order chi connectivity index (χ1) is 4.41. The predicted molar refractivity (Wildman–Crippen MR) is 36.3 cm³/mol. The van der Waals surface area contributed by atoms with E-state index in [-0.39, 0.29) is 13.2 Å². The maximum Gasteiger partial charge on any atom is 0.0555 e. The van der Waals surface area contributed by atoms with Gasteiger partial charge in [-0.2, -0.15) is 0 Å². The van der Waals surface area contributed by atoms with Crippen LogP contribution in [0, 0.1) is 0 Å². The van der Waals surface area contributed by atoms with Gasteiger partial charge in [-0.05, 0) is 19.4 Å². The standard InChI is InChI=1S/C6H15NO2/c8-5-2-1-3-7-4-6-9/h7-9H,1-6H2. The van der Waals surface area contributed by atoms with Gasteiger partial charge in [0.2, 0.25) is 0 Å². The Kier molecular flexibility index (Phi) is 7.77. The maximum atomic E-state index is 8.35. The maximum absolute atomic E-state index is 8.35. The molecule has 0 aliphatic rings. The molecule has 0 aromatic heterocycles. The highest BCUT2D eigenvalue weighted by atomic mass is 16.3. The molecular formula is C6H15NO2. The van der Waals surface area contributed by atoms with Crippen molar-refractivity contribution in [1.82, 2.24) is 5.32 Å². The number of rotatable bonds is 6. The summed E-state index contributed by atoms with van der Waals surface area (Å²) in [5.74, 6) is 0. The third-order valence-corrected chi connectivity index (χ3v) is 1.05. The van der Waals surface area contributed by atoms with Crippen LogP contribution in [0.1, 0.15) is 12.8 Å².